The normalized spacial score (nSPS) is 23.5. The maximum atomic E-state index is 12.1. The van der Waals surface area contributed by atoms with Gasteiger partial charge in [-0.1, -0.05) is 17.7 Å². The minimum atomic E-state index is -1.92. The standard InChI is InChI=1S/C22H25ClN2O6/c1-14-6-7-17(23)18(10-14)31-22(16(21(28)29)11-20(26)27)19(5-3-9-25-22)30-13-15-4-2-8-24-12-15/h3,5-7,9-11,15,24-25H,2,4,8,12-13H2,1H3,(H,26,27)(H,28,29)/b16-11-/t15?,22-/m0/s1. The summed E-state index contributed by atoms with van der Waals surface area (Å²) in [7, 11) is 0. The Hall–Kier alpha value is -2.97. The van der Waals surface area contributed by atoms with Gasteiger partial charge in [0.1, 0.15) is 11.3 Å². The van der Waals surface area contributed by atoms with Crippen LogP contribution in [0.25, 0.3) is 0 Å². The van der Waals surface area contributed by atoms with Gasteiger partial charge in [0.15, 0.2) is 5.76 Å². The summed E-state index contributed by atoms with van der Waals surface area (Å²) < 4.78 is 12.2. The van der Waals surface area contributed by atoms with Crippen molar-refractivity contribution in [2.75, 3.05) is 19.7 Å². The average Bonchev–Trinajstić information content (AvgIpc) is 2.74. The highest BCUT2D eigenvalue weighted by molar-refractivity contribution is 6.32. The molecule has 0 aromatic heterocycles. The van der Waals surface area contributed by atoms with E-state index in [0.717, 1.165) is 31.5 Å². The van der Waals surface area contributed by atoms with E-state index in [1.807, 2.05) is 6.92 Å². The number of rotatable bonds is 8. The van der Waals surface area contributed by atoms with Crippen molar-refractivity contribution in [3.8, 4) is 5.75 Å². The van der Waals surface area contributed by atoms with Gasteiger partial charge < -0.3 is 30.3 Å². The van der Waals surface area contributed by atoms with Gasteiger partial charge in [-0.3, -0.25) is 0 Å². The molecule has 4 N–H and O–H groups in total. The van der Waals surface area contributed by atoms with Gasteiger partial charge in [-0.05, 0) is 56.2 Å². The summed E-state index contributed by atoms with van der Waals surface area (Å²) in [6.07, 6.45) is 7.25. The first-order valence-electron chi connectivity index (χ1n) is 9.94. The number of nitrogens with one attached hydrogen (secondary N) is 2. The fraction of sp³-hybridized carbons (Fsp3) is 0.364. The van der Waals surface area contributed by atoms with Gasteiger partial charge in [0.2, 0.25) is 0 Å². The Kier molecular flexibility index (Phi) is 7.25. The van der Waals surface area contributed by atoms with Crippen LogP contribution in [0.2, 0.25) is 5.02 Å². The first-order chi connectivity index (χ1) is 14.8. The summed E-state index contributed by atoms with van der Waals surface area (Å²) in [6.45, 7) is 3.89. The Bertz CT molecular complexity index is 936. The lowest BCUT2D eigenvalue weighted by Gasteiger charge is -2.38. The summed E-state index contributed by atoms with van der Waals surface area (Å²) >= 11 is 6.29. The molecule has 3 rings (SSSR count). The number of dihydropyridines is 1. The number of aryl methyl sites for hydroxylation is 1. The Balaban J connectivity index is 2.03. The molecule has 1 aromatic carbocycles. The van der Waals surface area contributed by atoms with Gasteiger partial charge in [0.25, 0.3) is 5.72 Å². The van der Waals surface area contributed by atoms with E-state index in [1.54, 1.807) is 30.4 Å². The van der Waals surface area contributed by atoms with Crippen molar-refractivity contribution in [3.63, 3.8) is 0 Å². The lowest BCUT2D eigenvalue weighted by Crippen LogP contribution is -2.55. The fourth-order valence-electron chi connectivity index (χ4n) is 3.55. The van der Waals surface area contributed by atoms with Crippen molar-refractivity contribution < 1.29 is 29.3 Å². The van der Waals surface area contributed by atoms with Crippen molar-refractivity contribution in [1.29, 1.82) is 0 Å². The summed E-state index contributed by atoms with van der Waals surface area (Å²) in [4.78, 5) is 23.6. The number of carboxylic acids is 2. The van der Waals surface area contributed by atoms with Gasteiger partial charge in [0.05, 0.1) is 11.6 Å². The zero-order chi connectivity index (χ0) is 22.4. The molecular formula is C22H25ClN2O6. The van der Waals surface area contributed by atoms with Crippen LogP contribution in [0, 0.1) is 12.8 Å². The first kappa shape index (κ1) is 22.7. The van der Waals surface area contributed by atoms with E-state index in [2.05, 4.69) is 10.6 Å². The highest BCUT2D eigenvalue weighted by Crippen LogP contribution is 2.37. The molecule has 2 heterocycles. The van der Waals surface area contributed by atoms with Crippen LogP contribution >= 0.6 is 11.6 Å². The Morgan fingerprint density at radius 1 is 1.35 bits per heavy atom. The molecule has 2 aliphatic heterocycles. The maximum absolute atomic E-state index is 12.1. The predicted molar refractivity (Wildman–Crippen MR) is 115 cm³/mol. The monoisotopic (exact) mass is 448 g/mol. The molecule has 31 heavy (non-hydrogen) atoms. The second-order valence-corrected chi connectivity index (χ2v) is 7.88. The lowest BCUT2D eigenvalue weighted by molar-refractivity contribution is -0.137. The molecule has 0 saturated carbocycles. The molecule has 1 unspecified atom stereocenters. The number of halogens is 1. The minimum Gasteiger partial charge on any atom is -0.491 e. The number of allylic oxidation sites excluding steroid dienone is 2. The van der Waals surface area contributed by atoms with Gasteiger partial charge >= 0.3 is 11.9 Å². The third-order valence-electron chi connectivity index (χ3n) is 5.08. The number of hydrogen-bond donors (Lipinski definition) is 4. The van der Waals surface area contributed by atoms with E-state index >= 15 is 0 Å². The van der Waals surface area contributed by atoms with Gasteiger partial charge in [0, 0.05) is 24.7 Å². The number of carbonyl (C=O) groups is 2. The van der Waals surface area contributed by atoms with Crippen molar-refractivity contribution in [3.05, 3.63) is 64.5 Å². The van der Waals surface area contributed by atoms with Crippen LogP contribution in [-0.4, -0.2) is 47.6 Å². The van der Waals surface area contributed by atoms with Gasteiger partial charge in [-0.2, -0.15) is 0 Å². The van der Waals surface area contributed by atoms with Crippen molar-refractivity contribution in [2.24, 2.45) is 5.92 Å². The van der Waals surface area contributed by atoms with E-state index in [9.17, 15) is 19.8 Å². The maximum Gasteiger partial charge on any atom is 0.338 e. The van der Waals surface area contributed by atoms with Crippen LogP contribution < -0.4 is 15.4 Å². The van der Waals surface area contributed by atoms with Crippen LogP contribution in [0.1, 0.15) is 18.4 Å². The number of aliphatic carboxylic acids is 2. The smallest absolute Gasteiger partial charge is 0.338 e. The molecule has 1 aromatic rings. The quantitative estimate of drug-likeness (QED) is 0.448. The highest BCUT2D eigenvalue weighted by atomic mass is 35.5. The third-order valence-corrected chi connectivity index (χ3v) is 5.39. The minimum absolute atomic E-state index is 0.132. The molecule has 0 amide bonds. The molecule has 9 heteroatoms. The van der Waals surface area contributed by atoms with Crippen molar-refractivity contribution in [1.82, 2.24) is 10.6 Å². The predicted octanol–water partition coefficient (Wildman–Crippen LogP) is 2.84. The van der Waals surface area contributed by atoms with E-state index in [-0.39, 0.29) is 22.4 Å². The van der Waals surface area contributed by atoms with Crippen LogP contribution in [0.15, 0.2) is 54.0 Å². The molecule has 0 spiro atoms. The highest BCUT2D eigenvalue weighted by Gasteiger charge is 2.47. The summed E-state index contributed by atoms with van der Waals surface area (Å²) in [6, 6.07) is 5.05. The molecule has 8 nitrogen and oxygen atoms in total. The molecule has 2 aliphatic rings. The fourth-order valence-corrected chi connectivity index (χ4v) is 3.71. The zero-order valence-electron chi connectivity index (χ0n) is 17.1. The van der Waals surface area contributed by atoms with E-state index in [0.29, 0.717) is 12.7 Å². The van der Waals surface area contributed by atoms with Crippen LogP contribution in [0.4, 0.5) is 0 Å². The van der Waals surface area contributed by atoms with E-state index < -0.39 is 23.2 Å². The first-order valence-corrected chi connectivity index (χ1v) is 10.3. The molecule has 1 saturated heterocycles. The second kappa shape index (κ2) is 9.89. The third kappa shape index (κ3) is 5.39. The molecule has 0 radical (unpaired) electrons. The average molecular weight is 449 g/mol. The number of hydrogen-bond acceptors (Lipinski definition) is 6. The number of carboxylic acid groups (broad SMARTS) is 2. The largest absolute Gasteiger partial charge is 0.491 e. The van der Waals surface area contributed by atoms with E-state index in [4.69, 9.17) is 21.1 Å². The Morgan fingerprint density at radius 2 is 2.16 bits per heavy atom. The van der Waals surface area contributed by atoms with Crippen molar-refractivity contribution in [2.45, 2.75) is 25.5 Å². The summed E-state index contributed by atoms with van der Waals surface area (Å²) in [5.41, 5.74) is -1.63. The Morgan fingerprint density at radius 3 is 2.84 bits per heavy atom. The number of piperidine rings is 1. The van der Waals surface area contributed by atoms with E-state index in [1.165, 1.54) is 6.20 Å². The number of ether oxygens (including phenoxy) is 2. The van der Waals surface area contributed by atoms with Gasteiger partial charge in [-0.25, -0.2) is 9.59 Å². The molecular weight excluding hydrogens is 424 g/mol. The van der Waals surface area contributed by atoms with Crippen LogP contribution in [0.3, 0.4) is 0 Å². The SMILES string of the molecule is Cc1ccc(Cl)c(O[C@]2(/C(=C\C(=O)O)C(=O)O)NC=CC=C2OCC2CCCNC2)c1. The summed E-state index contributed by atoms with van der Waals surface area (Å²) in [5, 5.41) is 25.6. The zero-order valence-corrected chi connectivity index (χ0v) is 17.8. The molecule has 0 bridgehead atoms. The van der Waals surface area contributed by atoms with Crippen molar-refractivity contribution >= 4 is 23.5 Å². The van der Waals surface area contributed by atoms with Crippen LogP contribution in [-0.2, 0) is 14.3 Å². The topological polar surface area (TPSA) is 117 Å². The van der Waals surface area contributed by atoms with Crippen LogP contribution in [0.5, 0.6) is 5.75 Å². The molecule has 2 atom stereocenters. The second-order valence-electron chi connectivity index (χ2n) is 7.48. The molecule has 0 aliphatic carbocycles. The number of benzene rings is 1. The van der Waals surface area contributed by atoms with Gasteiger partial charge in [-0.15, -0.1) is 0 Å². The lowest BCUT2D eigenvalue weighted by atomic mass is 9.96. The molecule has 166 valence electrons. The summed E-state index contributed by atoms with van der Waals surface area (Å²) in [5.74, 6) is -2.34. The molecule has 1 fully saturated rings. The Labute approximate surface area is 185 Å².